The number of carbonyl (C=O) groups is 1. The van der Waals surface area contributed by atoms with Crippen LogP contribution in [-0.2, 0) is 11.2 Å². The molecule has 0 spiro atoms. The third kappa shape index (κ3) is 4.66. The van der Waals surface area contributed by atoms with Gasteiger partial charge in [-0.3, -0.25) is 10.1 Å². The van der Waals surface area contributed by atoms with Gasteiger partial charge in [-0.05, 0) is 25.0 Å². The third-order valence-electron chi connectivity index (χ3n) is 2.79. The number of nitrogens with one attached hydrogen (secondary N) is 1. The lowest BCUT2D eigenvalue weighted by atomic mass is 10.2. The van der Waals surface area contributed by atoms with Crippen LogP contribution in [0.2, 0.25) is 0 Å². The molecule has 0 aliphatic heterocycles. The number of hydrogen-bond donors (Lipinski definition) is 1. The highest BCUT2D eigenvalue weighted by atomic mass is 32.1. The van der Waals surface area contributed by atoms with Gasteiger partial charge in [-0.25, -0.2) is 0 Å². The molecule has 0 aliphatic carbocycles. The minimum atomic E-state index is -0.232. The summed E-state index contributed by atoms with van der Waals surface area (Å²) >= 11 is 1.38. The first-order valence-corrected chi connectivity index (χ1v) is 8.07. The number of benzene rings is 1. The SMILES string of the molecule is CCCOc1ccccc1/C=C/C(=O)Nc1nnc(CC)s1. The van der Waals surface area contributed by atoms with E-state index >= 15 is 0 Å². The zero-order valence-corrected chi connectivity index (χ0v) is 13.5. The Hall–Kier alpha value is -2.21. The van der Waals surface area contributed by atoms with Gasteiger partial charge in [0.2, 0.25) is 11.0 Å². The predicted molar refractivity (Wildman–Crippen MR) is 89.2 cm³/mol. The molecule has 0 radical (unpaired) electrons. The van der Waals surface area contributed by atoms with E-state index in [1.165, 1.54) is 17.4 Å². The Kier molecular flexibility index (Phi) is 6.09. The first-order chi connectivity index (χ1) is 10.7. The fourth-order valence-corrected chi connectivity index (χ4v) is 2.40. The number of amides is 1. The van der Waals surface area contributed by atoms with Gasteiger partial charge < -0.3 is 4.74 Å². The summed E-state index contributed by atoms with van der Waals surface area (Å²) in [6.07, 6.45) is 4.96. The molecule has 5 nitrogen and oxygen atoms in total. The van der Waals surface area contributed by atoms with Crippen LogP contribution < -0.4 is 10.1 Å². The molecular weight excluding hydrogens is 298 g/mol. The summed E-state index contributed by atoms with van der Waals surface area (Å²) in [7, 11) is 0. The Balaban J connectivity index is 2.00. The van der Waals surface area contributed by atoms with E-state index in [1.54, 1.807) is 6.08 Å². The van der Waals surface area contributed by atoms with Crippen molar-refractivity contribution in [3.63, 3.8) is 0 Å². The molecule has 1 aromatic carbocycles. The van der Waals surface area contributed by atoms with Crippen molar-refractivity contribution in [2.45, 2.75) is 26.7 Å². The standard InChI is InChI=1S/C16H19N3O2S/c1-3-11-21-13-8-6-5-7-12(13)9-10-14(20)17-16-19-18-15(4-2)22-16/h5-10H,3-4,11H2,1-2H3,(H,17,19,20)/b10-9+. The van der Waals surface area contributed by atoms with Crippen molar-refractivity contribution in [1.82, 2.24) is 10.2 Å². The summed E-state index contributed by atoms with van der Waals surface area (Å²) in [5.41, 5.74) is 0.873. The number of rotatable bonds is 7. The molecule has 0 unspecified atom stereocenters. The van der Waals surface area contributed by atoms with Crippen LogP contribution in [0.5, 0.6) is 5.75 Å². The van der Waals surface area contributed by atoms with Crippen molar-refractivity contribution in [1.29, 1.82) is 0 Å². The quantitative estimate of drug-likeness (QED) is 0.793. The summed E-state index contributed by atoms with van der Waals surface area (Å²) in [6, 6.07) is 7.63. The first kappa shape index (κ1) is 16.2. The van der Waals surface area contributed by atoms with Crippen LogP contribution in [0.1, 0.15) is 30.8 Å². The topological polar surface area (TPSA) is 64.1 Å². The predicted octanol–water partition coefficient (Wildman–Crippen LogP) is 3.54. The van der Waals surface area contributed by atoms with Crippen LogP contribution in [-0.4, -0.2) is 22.7 Å². The minimum Gasteiger partial charge on any atom is -0.493 e. The van der Waals surface area contributed by atoms with Crippen molar-refractivity contribution in [3.05, 3.63) is 40.9 Å². The highest BCUT2D eigenvalue weighted by Gasteiger charge is 2.05. The third-order valence-corrected chi connectivity index (χ3v) is 3.78. The number of hydrogen-bond acceptors (Lipinski definition) is 5. The maximum absolute atomic E-state index is 11.9. The number of anilines is 1. The lowest BCUT2D eigenvalue weighted by Crippen LogP contribution is -2.07. The van der Waals surface area contributed by atoms with Crippen LogP contribution in [0.4, 0.5) is 5.13 Å². The summed E-state index contributed by atoms with van der Waals surface area (Å²) in [6.45, 7) is 4.71. The number of ether oxygens (including phenoxy) is 1. The van der Waals surface area contributed by atoms with E-state index in [0.717, 1.165) is 29.2 Å². The fourth-order valence-electron chi connectivity index (χ4n) is 1.72. The highest BCUT2D eigenvalue weighted by molar-refractivity contribution is 7.15. The van der Waals surface area contributed by atoms with Gasteiger partial charge in [0.1, 0.15) is 10.8 Å². The van der Waals surface area contributed by atoms with E-state index < -0.39 is 0 Å². The lowest BCUT2D eigenvalue weighted by Gasteiger charge is -2.07. The van der Waals surface area contributed by atoms with Gasteiger partial charge in [0.25, 0.3) is 0 Å². The molecule has 1 heterocycles. The van der Waals surface area contributed by atoms with Gasteiger partial charge in [-0.2, -0.15) is 0 Å². The molecule has 0 atom stereocenters. The largest absolute Gasteiger partial charge is 0.493 e. The molecule has 1 N–H and O–H groups in total. The number of para-hydroxylation sites is 1. The van der Waals surface area contributed by atoms with Gasteiger partial charge in [-0.1, -0.05) is 43.4 Å². The van der Waals surface area contributed by atoms with Crippen molar-refractivity contribution in [2.24, 2.45) is 0 Å². The maximum atomic E-state index is 11.9. The summed E-state index contributed by atoms with van der Waals surface area (Å²) in [5.74, 6) is 0.543. The molecule has 0 fully saturated rings. The zero-order valence-electron chi connectivity index (χ0n) is 12.7. The molecule has 22 heavy (non-hydrogen) atoms. The molecule has 1 amide bonds. The van der Waals surface area contributed by atoms with Crippen molar-refractivity contribution in [2.75, 3.05) is 11.9 Å². The second kappa shape index (κ2) is 8.29. The number of aryl methyl sites for hydroxylation is 1. The Morgan fingerprint density at radius 1 is 1.32 bits per heavy atom. The minimum absolute atomic E-state index is 0.232. The summed E-state index contributed by atoms with van der Waals surface area (Å²) < 4.78 is 5.65. The van der Waals surface area contributed by atoms with Crippen molar-refractivity contribution < 1.29 is 9.53 Å². The van der Waals surface area contributed by atoms with Crippen molar-refractivity contribution in [3.8, 4) is 5.75 Å². The Labute approximate surface area is 134 Å². The molecule has 116 valence electrons. The van der Waals surface area contributed by atoms with E-state index in [1.807, 2.05) is 31.2 Å². The van der Waals surface area contributed by atoms with Crippen LogP contribution in [0.3, 0.4) is 0 Å². The Bertz CT molecular complexity index is 652. The van der Waals surface area contributed by atoms with E-state index in [9.17, 15) is 4.79 Å². The smallest absolute Gasteiger partial charge is 0.250 e. The molecule has 0 saturated carbocycles. The number of aromatic nitrogens is 2. The molecule has 0 saturated heterocycles. The fraction of sp³-hybridized carbons (Fsp3) is 0.312. The first-order valence-electron chi connectivity index (χ1n) is 7.26. The lowest BCUT2D eigenvalue weighted by molar-refractivity contribution is -0.111. The zero-order chi connectivity index (χ0) is 15.8. The van der Waals surface area contributed by atoms with Crippen LogP contribution in [0, 0.1) is 0 Å². The van der Waals surface area contributed by atoms with Crippen molar-refractivity contribution >= 4 is 28.5 Å². The van der Waals surface area contributed by atoms with E-state index in [0.29, 0.717) is 11.7 Å². The van der Waals surface area contributed by atoms with Crippen LogP contribution >= 0.6 is 11.3 Å². The molecule has 1 aromatic heterocycles. The normalized spacial score (nSPS) is 10.8. The average molecular weight is 317 g/mol. The molecule has 6 heteroatoms. The van der Waals surface area contributed by atoms with Crippen LogP contribution in [0.15, 0.2) is 30.3 Å². The molecular formula is C16H19N3O2S. The molecule has 0 bridgehead atoms. The van der Waals surface area contributed by atoms with Gasteiger partial charge >= 0.3 is 0 Å². The molecule has 2 aromatic rings. The highest BCUT2D eigenvalue weighted by Crippen LogP contribution is 2.20. The average Bonchev–Trinajstić information content (AvgIpc) is 2.99. The van der Waals surface area contributed by atoms with Gasteiger partial charge in [0, 0.05) is 11.6 Å². The summed E-state index contributed by atoms with van der Waals surface area (Å²) in [4.78, 5) is 11.9. The number of carbonyl (C=O) groups excluding carboxylic acids is 1. The number of nitrogens with zero attached hydrogens (tertiary/aromatic N) is 2. The van der Waals surface area contributed by atoms with Gasteiger partial charge in [0.05, 0.1) is 6.61 Å². The summed E-state index contributed by atoms with van der Waals surface area (Å²) in [5, 5.41) is 12.0. The second-order valence-corrected chi connectivity index (χ2v) is 5.63. The van der Waals surface area contributed by atoms with Crippen LogP contribution in [0.25, 0.3) is 6.08 Å². The Morgan fingerprint density at radius 2 is 2.14 bits per heavy atom. The van der Waals surface area contributed by atoms with E-state index in [2.05, 4.69) is 22.4 Å². The van der Waals surface area contributed by atoms with Gasteiger partial charge in [-0.15, -0.1) is 10.2 Å². The molecule has 2 rings (SSSR count). The van der Waals surface area contributed by atoms with Gasteiger partial charge in [0.15, 0.2) is 0 Å². The monoisotopic (exact) mass is 317 g/mol. The molecule has 0 aliphatic rings. The Morgan fingerprint density at radius 3 is 2.86 bits per heavy atom. The maximum Gasteiger partial charge on any atom is 0.250 e. The van der Waals surface area contributed by atoms with E-state index in [4.69, 9.17) is 4.74 Å². The van der Waals surface area contributed by atoms with E-state index in [-0.39, 0.29) is 5.91 Å². The second-order valence-electron chi connectivity index (χ2n) is 4.56.